The largest absolute Gasteiger partial charge is 0.384 e. The average molecular weight is 223 g/mol. The van der Waals surface area contributed by atoms with E-state index >= 15 is 0 Å². The van der Waals surface area contributed by atoms with E-state index in [-0.39, 0.29) is 0 Å². The first kappa shape index (κ1) is 11.0. The third kappa shape index (κ3) is 1.46. The minimum absolute atomic E-state index is 0.505. The molecule has 1 spiro atoms. The smallest absolute Gasteiger partial charge is 0.0490 e. The molecule has 3 rings (SSSR count). The maximum atomic E-state index is 6.55. The van der Waals surface area contributed by atoms with Crippen LogP contribution in [-0.4, -0.2) is 19.8 Å². The quantitative estimate of drug-likeness (QED) is 0.781. The van der Waals surface area contributed by atoms with E-state index in [2.05, 4.69) is 0 Å². The fourth-order valence-corrected chi connectivity index (χ4v) is 5.12. The summed E-state index contributed by atoms with van der Waals surface area (Å²) in [4.78, 5) is 0. The molecule has 2 bridgehead atoms. The highest BCUT2D eigenvalue weighted by atomic mass is 16.5. The molecule has 5 atom stereocenters. The zero-order valence-electron chi connectivity index (χ0n) is 10.5. The molecule has 3 aliphatic rings. The maximum absolute atomic E-state index is 6.55. The highest BCUT2D eigenvalue weighted by Crippen LogP contribution is 2.61. The lowest BCUT2D eigenvalue weighted by Crippen LogP contribution is -2.49. The van der Waals surface area contributed by atoms with Gasteiger partial charge >= 0.3 is 0 Å². The summed E-state index contributed by atoms with van der Waals surface area (Å²) in [5.41, 5.74) is 7.07. The van der Waals surface area contributed by atoms with Gasteiger partial charge in [0.25, 0.3) is 0 Å². The van der Waals surface area contributed by atoms with E-state index in [1.54, 1.807) is 0 Å². The number of nitrogens with two attached hydrogens (primary N) is 1. The van der Waals surface area contributed by atoms with Crippen LogP contribution in [0.4, 0.5) is 0 Å². The van der Waals surface area contributed by atoms with E-state index in [1.807, 2.05) is 7.11 Å². The molecule has 0 aromatic heterocycles. The molecule has 2 heteroatoms. The van der Waals surface area contributed by atoms with E-state index in [1.165, 1.54) is 44.9 Å². The van der Waals surface area contributed by atoms with E-state index < -0.39 is 0 Å². The topological polar surface area (TPSA) is 35.2 Å². The van der Waals surface area contributed by atoms with Crippen LogP contribution in [-0.2, 0) is 4.74 Å². The summed E-state index contributed by atoms with van der Waals surface area (Å²) in [6.07, 6.45) is 9.78. The lowest BCUT2D eigenvalue weighted by Gasteiger charge is -2.47. The van der Waals surface area contributed by atoms with Gasteiger partial charge in [0, 0.05) is 19.8 Å². The van der Waals surface area contributed by atoms with Crippen molar-refractivity contribution in [2.45, 2.75) is 51.0 Å². The number of rotatable bonds is 2. The van der Waals surface area contributed by atoms with Gasteiger partial charge in [-0.3, -0.25) is 0 Å². The predicted molar refractivity (Wildman–Crippen MR) is 65.1 cm³/mol. The van der Waals surface area contributed by atoms with Gasteiger partial charge in [-0.25, -0.2) is 0 Å². The first-order valence-corrected chi connectivity index (χ1v) is 7.01. The monoisotopic (exact) mass is 223 g/mol. The van der Waals surface area contributed by atoms with Crippen molar-refractivity contribution in [3.05, 3.63) is 0 Å². The summed E-state index contributed by atoms with van der Waals surface area (Å²) in [5, 5.41) is 0. The normalized spacial score (nSPS) is 51.4. The molecule has 3 fully saturated rings. The van der Waals surface area contributed by atoms with Gasteiger partial charge in [-0.1, -0.05) is 6.42 Å². The summed E-state index contributed by atoms with van der Waals surface area (Å²) in [6, 6.07) is 0.505. The van der Waals surface area contributed by atoms with Gasteiger partial charge in [0.15, 0.2) is 0 Å². The van der Waals surface area contributed by atoms with Gasteiger partial charge < -0.3 is 10.5 Å². The predicted octanol–water partition coefficient (Wildman–Crippen LogP) is 2.57. The Morgan fingerprint density at radius 1 is 1.31 bits per heavy atom. The number of fused-ring (bicyclic) bond motifs is 3. The van der Waals surface area contributed by atoms with Crippen LogP contribution in [0.25, 0.3) is 0 Å². The summed E-state index contributed by atoms with van der Waals surface area (Å²) in [6.45, 7) is 0.950. The van der Waals surface area contributed by atoms with Crippen molar-refractivity contribution in [1.29, 1.82) is 0 Å². The molecule has 0 saturated heterocycles. The molecule has 16 heavy (non-hydrogen) atoms. The Balaban J connectivity index is 1.77. The van der Waals surface area contributed by atoms with Crippen LogP contribution in [0, 0.1) is 23.2 Å². The van der Waals surface area contributed by atoms with Crippen LogP contribution in [0.2, 0.25) is 0 Å². The van der Waals surface area contributed by atoms with Crippen molar-refractivity contribution >= 4 is 0 Å². The third-order valence-electron chi connectivity index (χ3n) is 5.78. The molecule has 0 amide bonds. The van der Waals surface area contributed by atoms with Crippen LogP contribution < -0.4 is 5.73 Å². The number of methoxy groups -OCH3 is 1. The molecule has 0 radical (unpaired) electrons. The van der Waals surface area contributed by atoms with Crippen molar-refractivity contribution in [2.24, 2.45) is 28.9 Å². The summed E-state index contributed by atoms with van der Waals surface area (Å²) in [5.74, 6) is 2.59. The standard InChI is InChI=1S/C14H25NO/c1-16-9-10-3-2-6-14(8-10)12-5-4-11(7-12)13(14)15/h10-13H,2-9,15H2,1H3. The second-order valence-corrected chi connectivity index (χ2v) is 6.45. The highest BCUT2D eigenvalue weighted by Gasteiger charge is 2.57. The Kier molecular flexibility index (Phi) is 2.75. The first-order chi connectivity index (χ1) is 7.76. The number of hydrogen-bond donors (Lipinski definition) is 1. The fraction of sp³-hybridized carbons (Fsp3) is 1.00. The molecule has 0 aromatic rings. The van der Waals surface area contributed by atoms with Crippen molar-refractivity contribution in [1.82, 2.24) is 0 Å². The summed E-state index contributed by atoms with van der Waals surface area (Å²) in [7, 11) is 1.84. The summed E-state index contributed by atoms with van der Waals surface area (Å²) < 4.78 is 5.36. The van der Waals surface area contributed by atoms with Gasteiger partial charge in [0.05, 0.1) is 0 Å². The molecule has 0 aliphatic heterocycles. The van der Waals surface area contributed by atoms with E-state index in [9.17, 15) is 0 Å². The lowest BCUT2D eigenvalue weighted by atomic mass is 9.60. The maximum Gasteiger partial charge on any atom is 0.0490 e. The average Bonchev–Trinajstić information content (AvgIpc) is 2.84. The zero-order valence-corrected chi connectivity index (χ0v) is 10.5. The van der Waals surface area contributed by atoms with Gasteiger partial charge in [0.1, 0.15) is 0 Å². The second-order valence-electron chi connectivity index (χ2n) is 6.45. The minimum Gasteiger partial charge on any atom is -0.384 e. The van der Waals surface area contributed by atoms with Crippen LogP contribution in [0.15, 0.2) is 0 Å². The minimum atomic E-state index is 0.505. The van der Waals surface area contributed by atoms with Crippen molar-refractivity contribution < 1.29 is 4.74 Å². The molecule has 3 saturated carbocycles. The molecule has 92 valence electrons. The molecule has 3 aliphatic carbocycles. The van der Waals surface area contributed by atoms with Crippen LogP contribution in [0.3, 0.4) is 0 Å². The molecule has 5 unspecified atom stereocenters. The van der Waals surface area contributed by atoms with Crippen molar-refractivity contribution in [3.8, 4) is 0 Å². The molecule has 0 heterocycles. The first-order valence-electron chi connectivity index (χ1n) is 7.01. The molecular weight excluding hydrogens is 198 g/mol. The van der Waals surface area contributed by atoms with Gasteiger partial charge in [0.2, 0.25) is 0 Å². The Labute approximate surface area is 98.9 Å². The number of hydrogen-bond acceptors (Lipinski definition) is 2. The van der Waals surface area contributed by atoms with Gasteiger partial charge in [-0.05, 0) is 61.7 Å². The van der Waals surface area contributed by atoms with E-state index in [0.717, 1.165) is 24.4 Å². The van der Waals surface area contributed by atoms with Crippen molar-refractivity contribution in [3.63, 3.8) is 0 Å². The van der Waals surface area contributed by atoms with Gasteiger partial charge in [-0.15, -0.1) is 0 Å². The lowest BCUT2D eigenvalue weighted by molar-refractivity contribution is 0.0196. The SMILES string of the molecule is COCC1CCCC2(C1)C1CCC(C1)C2N. The second kappa shape index (κ2) is 3.99. The molecule has 2 nitrogen and oxygen atoms in total. The Morgan fingerprint density at radius 3 is 2.88 bits per heavy atom. The molecular formula is C14H25NO. The van der Waals surface area contributed by atoms with E-state index in [0.29, 0.717) is 11.5 Å². The van der Waals surface area contributed by atoms with Crippen molar-refractivity contribution in [2.75, 3.05) is 13.7 Å². The highest BCUT2D eigenvalue weighted by molar-refractivity contribution is 5.10. The molecule has 0 aromatic carbocycles. The number of ether oxygens (including phenoxy) is 1. The molecule has 2 N–H and O–H groups in total. The van der Waals surface area contributed by atoms with Gasteiger partial charge in [-0.2, -0.15) is 0 Å². The van der Waals surface area contributed by atoms with Crippen LogP contribution in [0.5, 0.6) is 0 Å². The Bertz CT molecular complexity index is 261. The summed E-state index contributed by atoms with van der Waals surface area (Å²) >= 11 is 0. The fourth-order valence-electron chi connectivity index (χ4n) is 5.12. The van der Waals surface area contributed by atoms with Crippen LogP contribution >= 0.6 is 0 Å². The Morgan fingerprint density at radius 2 is 2.19 bits per heavy atom. The van der Waals surface area contributed by atoms with E-state index in [4.69, 9.17) is 10.5 Å². The Hall–Kier alpha value is -0.0800. The van der Waals surface area contributed by atoms with Crippen LogP contribution in [0.1, 0.15) is 44.9 Å². The zero-order chi connectivity index (χ0) is 11.2. The third-order valence-corrected chi connectivity index (χ3v) is 5.78.